The van der Waals surface area contributed by atoms with E-state index in [1.165, 1.54) is 16.8 Å². The third kappa shape index (κ3) is 3.25. The average molecular weight is 303 g/mol. The molecule has 1 atom stereocenters. The van der Waals surface area contributed by atoms with Crippen LogP contribution in [-0.4, -0.2) is 9.78 Å². The normalized spacial score (nSPS) is 13.2. The van der Waals surface area contributed by atoms with Crippen molar-refractivity contribution in [3.8, 4) is 0 Å². The van der Waals surface area contributed by atoms with Gasteiger partial charge in [0.2, 0.25) is 0 Å². The molecule has 22 heavy (non-hydrogen) atoms. The second-order valence-electron chi connectivity index (χ2n) is 6.39. The molecule has 0 radical (unpaired) electrons. The fourth-order valence-corrected chi connectivity index (χ4v) is 2.22. The molecule has 2 N–H and O–H groups in total. The summed E-state index contributed by atoms with van der Waals surface area (Å²) in [5.74, 6) is -0.327. The molecule has 1 aromatic heterocycles. The van der Waals surface area contributed by atoms with Gasteiger partial charge in [-0.15, -0.1) is 0 Å². The van der Waals surface area contributed by atoms with Crippen molar-refractivity contribution in [2.75, 3.05) is 0 Å². The minimum atomic E-state index is -0.602. The van der Waals surface area contributed by atoms with Crippen molar-refractivity contribution in [1.82, 2.24) is 9.78 Å². The van der Waals surface area contributed by atoms with Gasteiger partial charge in [0.05, 0.1) is 11.7 Å². The fraction of sp³-hybridized carbons (Fsp3) is 0.412. The molecule has 2 rings (SSSR count). The number of benzene rings is 1. The van der Waals surface area contributed by atoms with Crippen LogP contribution in [0.3, 0.4) is 0 Å². The Kier molecular flexibility index (Phi) is 4.47. The van der Waals surface area contributed by atoms with E-state index in [0.29, 0.717) is 17.7 Å². The molecular formula is C17H22FN3O. The Hall–Kier alpha value is -2.01. The summed E-state index contributed by atoms with van der Waals surface area (Å²) in [6, 6.07) is 7.07. The standard InChI is InChI=1S/C17H22FN3O/c1-5-21-16(22)13(10-14(20-21)17(2,3)4)15(19)11-6-8-12(18)9-7-11/h6-10,15H,5,19H2,1-4H3. The molecule has 0 aliphatic heterocycles. The van der Waals surface area contributed by atoms with Crippen molar-refractivity contribution in [3.63, 3.8) is 0 Å². The predicted octanol–water partition coefficient (Wildman–Crippen LogP) is 2.75. The first-order chi connectivity index (χ1) is 10.2. The van der Waals surface area contributed by atoms with Crippen LogP contribution in [0.4, 0.5) is 4.39 Å². The number of hydrogen-bond donors (Lipinski definition) is 1. The highest BCUT2D eigenvalue weighted by Gasteiger charge is 2.22. The Balaban J connectivity index is 2.58. The molecule has 0 aliphatic carbocycles. The third-order valence-electron chi connectivity index (χ3n) is 3.63. The van der Waals surface area contributed by atoms with E-state index < -0.39 is 6.04 Å². The lowest BCUT2D eigenvalue weighted by atomic mass is 9.90. The van der Waals surface area contributed by atoms with Gasteiger partial charge in [0.1, 0.15) is 5.82 Å². The number of halogens is 1. The van der Waals surface area contributed by atoms with E-state index in [0.717, 1.165) is 5.69 Å². The molecule has 0 bridgehead atoms. The summed E-state index contributed by atoms with van der Waals surface area (Å²) in [7, 11) is 0. The van der Waals surface area contributed by atoms with Gasteiger partial charge in [0.15, 0.2) is 0 Å². The molecular weight excluding hydrogens is 281 g/mol. The Morgan fingerprint density at radius 2 is 1.86 bits per heavy atom. The summed E-state index contributed by atoms with van der Waals surface area (Å²) < 4.78 is 14.5. The molecule has 0 aliphatic rings. The second-order valence-corrected chi connectivity index (χ2v) is 6.39. The first-order valence-corrected chi connectivity index (χ1v) is 7.37. The van der Waals surface area contributed by atoms with Gasteiger partial charge in [0.25, 0.3) is 5.56 Å². The summed E-state index contributed by atoms with van der Waals surface area (Å²) in [5, 5.41) is 4.40. The number of rotatable bonds is 3. The minimum Gasteiger partial charge on any atom is -0.320 e. The van der Waals surface area contributed by atoms with Crippen molar-refractivity contribution in [3.05, 3.63) is 63.3 Å². The van der Waals surface area contributed by atoms with Gasteiger partial charge in [-0.25, -0.2) is 9.07 Å². The molecule has 1 unspecified atom stereocenters. The van der Waals surface area contributed by atoms with E-state index in [9.17, 15) is 9.18 Å². The lowest BCUT2D eigenvalue weighted by molar-refractivity contribution is 0.505. The number of aryl methyl sites for hydroxylation is 1. The Morgan fingerprint density at radius 3 is 2.36 bits per heavy atom. The van der Waals surface area contributed by atoms with Crippen LogP contribution in [0.5, 0.6) is 0 Å². The number of nitrogens with two attached hydrogens (primary N) is 1. The number of hydrogen-bond acceptors (Lipinski definition) is 3. The van der Waals surface area contributed by atoms with E-state index in [-0.39, 0.29) is 16.8 Å². The van der Waals surface area contributed by atoms with Gasteiger partial charge in [-0.1, -0.05) is 32.9 Å². The topological polar surface area (TPSA) is 60.9 Å². The summed E-state index contributed by atoms with van der Waals surface area (Å²) in [5.41, 5.74) is 7.83. The van der Waals surface area contributed by atoms with Gasteiger partial charge in [-0.3, -0.25) is 4.79 Å². The van der Waals surface area contributed by atoms with Crippen LogP contribution >= 0.6 is 0 Å². The lowest BCUT2D eigenvalue weighted by Gasteiger charge is -2.21. The average Bonchev–Trinajstić information content (AvgIpc) is 2.46. The Morgan fingerprint density at radius 1 is 1.27 bits per heavy atom. The van der Waals surface area contributed by atoms with Gasteiger partial charge < -0.3 is 5.73 Å². The molecule has 2 aromatic rings. The molecule has 0 saturated carbocycles. The van der Waals surface area contributed by atoms with Crippen LogP contribution in [-0.2, 0) is 12.0 Å². The summed E-state index contributed by atoms with van der Waals surface area (Å²) in [6.07, 6.45) is 0. The number of nitrogens with zero attached hydrogens (tertiary/aromatic N) is 2. The summed E-state index contributed by atoms with van der Waals surface area (Å²) in [6.45, 7) is 8.45. The monoisotopic (exact) mass is 303 g/mol. The molecule has 0 amide bonds. The van der Waals surface area contributed by atoms with E-state index in [1.807, 2.05) is 27.7 Å². The molecule has 5 heteroatoms. The van der Waals surface area contributed by atoms with Crippen molar-refractivity contribution >= 4 is 0 Å². The SMILES string of the molecule is CCn1nc(C(C)(C)C)cc(C(N)c2ccc(F)cc2)c1=O. The highest BCUT2D eigenvalue weighted by Crippen LogP contribution is 2.23. The molecule has 0 spiro atoms. The summed E-state index contributed by atoms with van der Waals surface area (Å²) in [4.78, 5) is 12.5. The molecule has 1 heterocycles. The third-order valence-corrected chi connectivity index (χ3v) is 3.63. The minimum absolute atomic E-state index is 0.193. The van der Waals surface area contributed by atoms with E-state index in [4.69, 9.17) is 5.73 Å². The first-order valence-electron chi connectivity index (χ1n) is 7.37. The van der Waals surface area contributed by atoms with Crippen molar-refractivity contribution in [2.45, 2.75) is 45.7 Å². The van der Waals surface area contributed by atoms with Crippen LogP contribution in [0.15, 0.2) is 35.1 Å². The Labute approximate surface area is 129 Å². The molecule has 4 nitrogen and oxygen atoms in total. The van der Waals surface area contributed by atoms with E-state index in [2.05, 4.69) is 5.10 Å². The van der Waals surface area contributed by atoms with Crippen LogP contribution in [0.2, 0.25) is 0 Å². The van der Waals surface area contributed by atoms with Gasteiger partial charge in [-0.05, 0) is 30.7 Å². The zero-order valence-electron chi connectivity index (χ0n) is 13.4. The highest BCUT2D eigenvalue weighted by atomic mass is 19.1. The van der Waals surface area contributed by atoms with Crippen molar-refractivity contribution in [1.29, 1.82) is 0 Å². The zero-order valence-corrected chi connectivity index (χ0v) is 13.4. The maximum absolute atomic E-state index is 13.1. The van der Waals surface area contributed by atoms with Crippen molar-refractivity contribution in [2.24, 2.45) is 5.73 Å². The number of aromatic nitrogens is 2. The van der Waals surface area contributed by atoms with Crippen molar-refractivity contribution < 1.29 is 4.39 Å². The quantitative estimate of drug-likeness (QED) is 0.948. The Bertz CT molecular complexity index is 714. The maximum atomic E-state index is 13.1. The first kappa shape index (κ1) is 16.4. The smallest absolute Gasteiger partial charge is 0.271 e. The largest absolute Gasteiger partial charge is 0.320 e. The highest BCUT2D eigenvalue weighted by molar-refractivity contribution is 5.32. The molecule has 0 saturated heterocycles. The van der Waals surface area contributed by atoms with Gasteiger partial charge in [0, 0.05) is 17.5 Å². The van der Waals surface area contributed by atoms with E-state index in [1.54, 1.807) is 18.2 Å². The lowest BCUT2D eigenvalue weighted by Crippen LogP contribution is -2.33. The second kappa shape index (κ2) is 6.01. The molecule has 0 fully saturated rings. The zero-order chi connectivity index (χ0) is 16.5. The maximum Gasteiger partial charge on any atom is 0.271 e. The molecule has 118 valence electrons. The van der Waals surface area contributed by atoms with Crippen LogP contribution in [0, 0.1) is 5.82 Å². The van der Waals surface area contributed by atoms with Crippen LogP contribution in [0.1, 0.15) is 50.6 Å². The van der Waals surface area contributed by atoms with Crippen LogP contribution < -0.4 is 11.3 Å². The fourth-order valence-electron chi connectivity index (χ4n) is 2.22. The van der Waals surface area contributed by atoms with Crippen LogP contribution in [0.25, 0.3) is 0 Å². The summed E-state index contributed by atoms with van der Waals surface area (Å²) >= 11 is 0. The van der Waals surface area contributed by atoms with Gasteiger partial charge >= 0.3 is 0 Å². The molecule has 1 aromatic carbocycles. The predicted molar refractivity (Wildman–Crippen MR) is 85.3 cm³/mol. The van der Waals surface area contributed by atoms with E-state index >= 15 is 0 Å². The van der Waals surface area contributed by atoms with Gasteiger partial charge in [-0.2, -0.15) is 5.10 Å².